The highest BCUT2D eigenvalue weighted by atomic mass is 35.5. The number of carbonyl (C=O) groups excluding carboxylic acids is 1. The zero-order valence-electron chi connectivity index (χ0n) is 17.8. The normalized spacial score (nSPS) is 12.1. The molecule has 0 unspecified atom stereocenters. The molecule has 7 nitrogen and oxygen atoms in total. The smallest absolute Gasteiger partial charge is 0.242 e. The Kier molecular flexibility index (Phi) is 7.91. The number of rotatable bonds is 9. The van der Waals surface area contributed by atoms with E-state index in [-0.39, 0.29) is 27.8 Å². The van der Waals surface area contributed by atoms with Gasteiger partial charge in [-0.2, -0.15) is 4.72 Å². The van der Waals surface area contributed by atoms with E-state index in [1.54, 1.807) is 24.3 Å². The average molecular weight is 493 g/mol. The lowest BCUT2D eigenvalue weighted by atomic mass is 10.1. The van der Waals surface area contributed by atoms with E-state index in [9.17, 15) is 17.6 Å². The maximum absolute atomic E-state index is 13.5. The second-order valence-corrected chi connectivity index (χ2v) is 9.12. The molecule has 33 heavy (non-hydrogen) atoms. The van der Waals surface area contributed by atoms with Crippen molar-refractivity contribution in [2.24, 2.45) is 0 Å². The molecule has 10 heteroatoms. The van der Waals surface area contributed by atoms with Gasteiger partial charge in [-0.3, -0.25) is 4.79 Å². The Bertz CT molecular complexity index is 1240. The van der Waals surface area contributed by atoms with Crippen molar-refractivity contribution >= 4 is 33.2 Å². The first-order valence-corrected chi connectivity index (χ1v) is 11.6. The fraction of sp³-hybridized carbons (Fsp3) is 0.174. The predicted molar refractivity (Wildman–Crippen MR) is 124 cm³/mol. The van der Waals surface area contributed by atoms with Crippen molar-refractivity contribution in [1.29, 1.82) is 0 Å². The van der Waals surface area contributed by atoms with Crippen LogP contribution in [0.15, 0.2) is 71.6 Å². The number of amides is 1. The molecule has 0 aliphatic rings. The Hall–Kier alpha value is -3.14. The van der Waals surface area contributed by atoms with Crippen LogP contribution >= 0.6 is 11.6 Å². The van der Waals surface area contributed by atoms with Crippen molar-refractivity contribution in [2.75, 3.05) is 19.5 Å². The molecule has 0 aromatic heterocycles. The third kappa shape index (κ3) is 6.22. The van der Waals surface area contributed by atoms with Crippen LogP contribution in [0.3, 0.4) is 0 Å². The summed E-state index contributed by atoms with van der Waals surface area (Å²) in [5.41, 5.74) is 0.972. The molecule has 1 amide bonds. The van der Waals surface area contributed by atoms with Gasteiger partial charge in [0.25, 0.3) is 0 Å². The summed E-state index contributed by atoms with van der Waals surface area (Å²) >= 11 is 5.79. The van der Waals surface area contributed by atoms with Crippen LogP contribution in [0.25, 0.3) is 0 Å². The first-order chi connectivity index (χ1) is 15.7. The fourth-order valence-electron chi connectivity index (χ4n) is 3.08. The van der Waals surface area contributed by atoms with E-state index in [2.05, 4.69) is 10.0 Å². The number of hydrogen-bond donors (Lipinski definition) is 2. The summed E-state index contributed by atoms with van der Waals surface area (Å²) in [6, 6.07) is 15.6. The van der Waals surface area contributed by atoms with E-state index in [1.165, 1.54) is 44.6 Å². The quantitative estimate of drug-likeness (QED) is 0.470. The average Bonchev–Trinajstić information content (AvgIpc) is 2.81. The molecular formula is C23H22ClFN2O5S. The number of sulfonamides is 1. The molecule has 1 atom stereocenters. The summed E-state index contributed by atoms with van der Waals surface area (Å²) < 4.78 is 52.4. The van der Waals surface area contributed by atoms with Crippen molar-refractivity contribution in [3.63, 3.8) is 0 Å². The minimum Gasteiger partial charge on any atom is -0.493 e. The van der Waals surface area contributed by atoms with Crippen molar-refractivity contribution in [3.05, 3.63) is 83.1 Å². The largest absolute Gasteiger partial charge is 0.493 e. The van der Waals surface area contributed by atoms with Gasteiger partial charge < -0.3 is 14.8 Å². The predicted octanol–water partition coefficient (Wildman–Crippen LogP) is 4.02. The maximum atomic E-state index is 13.5. The standard InChI is InChI=1S/C23H22ClFN2O5S/c1-31-21-11-9-17(14-22(21)32-2)33(29,30)27-20(12-15-6-4-3-5-7-15)23(28)26-16-8-10-19(25)18(24)13-16/h3-11,13-14,20,27H,12H2,1-2H3,(H,26,28)/t20-/m1/s1. The third-order valence-electron chi connectivity index (χ3n) is 4.75. The molecule has 0 fully saturated rings. The second kappa shape index (κ2) is 10.7. The van der Waals surface area contributed by atoms with Gasteiger partial charge in [-0.1, -0.05) is 41.9 Å². The third-order valence-corrected chi connectivity index (χ3v) is 6.51. The van der Waals surface area contributed by atoms with Crippen LogP contribution in [-0.4, -0.2) is 34.6 Å². The summed E-state index contributed by atoms with van der Waals surface area (Å²) in [5, 5.41) is 2.42. The second-order valence-electron chi connectivity index (χ2n) is 7.00. The molecule has 0 heterocycles. The number of nitrogens with one attached hydrogen (secondary N) is 2. The molecular weight excluding hydrogens is 471 g/mol. The van der Waals surface area contributed by atoms with Crippen LogP contribution in [0.5, 0.6) is 11.5 Å². The number of benzene rings is 3. The lowest BCUT2D eigenvalue weighted by Gasteiger charge is -2.19. The monoisotopic (exact) mass is 492 g/mol. The Morgan fingerprint density at radius 3 is 2.33 bits per heavy atom. The van der Waals surface area contributed by atoms with E-state index in [4.69, 9.17) is 21.1 Å². The molecule has 3 rings (SSSR count). The van der Waals surface area contributed by atoms with Crippen LogP contribution in [0.4, 0.5) is 10.1 Å². The molecule has 0 saturated heterocycles. The van der Waals surface area contributed by atoms with Crippen molar-refractivity contribution in [2.45, 2.75) is 17.4 Å². The Balaban J connectivity index is 1.90. The van der Waals surface area contributed by atoms with Gasteiger partial charge in [0.1, 0.15) is 11.9 Å². The Labute approximate surface area is 196 Å². The molecule has 0 radical (unpaired) electrons. The van der Waals surface area contributed by atoms with E-state index in [1.807, 2.05) is 6.07 Å². The lowest BCUT2D eigenvalue weighted by Crippen LogP contribution is -2.45. The lowest BCUT2D eigenvalue weighted by molar-refractivity contribution is -0.117. The highest BCUT2D eigenvalue weighted by Gasteiger charge is 2.27. The number of halogens is 2. The summed E-state index contributed by atoms with van der Waals surface area (Å²) in [6.07, 6.45) is 0.0775. The molecule has 3 aromatic carbocycles. The van der Waals surface area contributed by atoms with Crippen LogP contribution in [0.1, 0.15) is 5.56 Å². The zero-order valence-corrected chi connectivity index (χ0v) is 19.4. The molecule has 0 aliphatic heterocycles. The molecule has 0 spiro atoms. The van der Waals surface area contributed by atoms with Gasteiger partial charge in [0.05, 0.1) is 24.1 Å². The highest BCUT2D eigenvalue weighted by Crippen LogP contribution is 2.29. The van der Waals surface area contributed by atoms with Crippen LogP contribution in [-0.2, 0) is 21.2 Å². The molecule has 0 bridgehead atoms. The van der Waals surface area contributed by atoms with Gasteiger partial charge in [0.2, 0.25) is 15.9 Å². The maximum Gasteiger partial charge on any atom is 0.242 e. The summed E-state index contributed by atoms with van der Waals surface area (Å²) in [7, 11) is -1.30. The summed E-state index contributed by atoms with van der Waals surface area (Å²) in [5.74, 6) is -0.677. The van der Waals surface area contributed by atoms with Gasteiger partial charge in [-0.25, -0.2) is 12.8 Å². The van der Waals surface area contributed by atoms with Gasteiger partial charge in [-0.15, -0.1) is 0 Å². The van der Waals surface area contributed by atoms with Crippen molar-refractivity contribution in [1.82, 2.24) is 4.72 Å². The molecule has 2 N–H and O–H groups in total. The van der Waals surface area contributed by atoms with Crippen LogP contribution < -0.4 is 19.5 Å². The molecule has 174 valence electrons. The van der Waals surface area contributed by atoms with E-state index in [0.29, 0.717) is 5.75 Å². The minimum atomic E-state index is -4.12. The number of hydrogen-bond acceptors (Lipinski definition) is 5. The number of ether oxygens (including phenoxy) is 2. The minimum absolute atomic E-state index is 0.0775. The van der Waals surface area contributed by atoms with E-state index in [0.717, 1.165) is 11.6 Å². The molecule has 3 aromatic rings. The Morgan fingerprint density at radius 2 is 1.70 bits per heavy atom. The molecule has 0 saturated carbocycles. The SMILES string of the molecule is COc1ccc(S(=O)(=O)N[C@H](Cc2ccccc2)C(=O)Nc2ccc(F)c(Cl)c2)cc1OC. The van der Waals surface area contributed by atoms with E-state index < -0.39 is 27.8 Å². The fourth-order valence-corrected chi connectivity index (χ4v) is 4.47. The van der Waals surface area contributed by atoms with Crippen LogP contribution in [0.2, 0.25) is 5.02 Å². The summed E-state index contributed by atoms with van der Waals surface area (Å²) in [6.45, 7) is 0. The van der Waals surface area contributed by atoms with E-state index >= 15 is 0 Å². The topological polar surface area (TPSA) is 93.7 Å². The van der Waals surface area contributed by atoms with Crippen molar-refractivity contribution < 1.29 is 27.1 Å². The first kappa shape index (κ1) is 24.5. The van der Waals surface area contributed by atoms with Gasteiger partial charge in [0, 0.05) is 11.8 Å². The first-order valence-electron chi connectivity index (χ1n) is 9.77. The van der Waals surface area contributed by atoms with Gasteiger partial charge >= 0.3 is 0 Å². The van der Waals surface area contributed by atoms with Gasteiger partial charge in [-0.05, 0) is 42.3 Å². The van der Waals surface area contributed by atoms with Gasteiger partial charge in [0.15, 0.2) is 11.5 Å². The number of methoxy groups -OCH3 is 2. The van der Waals surface area contributed by atoms with Crippen molar-refractivity contribution in [3.8, 4) is 11.5 Å². The Morgan fingerprint density at radius 1 is 1.00 bits per heavy atom. The van der Waals surface area contributed by atoms with Crippen LogP contribution in [0, 0.1) is 5.82 Å². The number of carbonyl (C=O) groups is 1. The molecule has 0 aliphatic carbocycles. The highest BCUT2D eigenvalue weighted by molar-refractivity contribution is 7.89. The summed E-state index contributed by atoms with van der Waals surface area (Å²) in [4.78, 5) is 12.9. The zero-order chi connectivity index (χ0) is 24.0. The number of anilines is 1.